The van der Waals surface area contributed by atoms with Crippen molar-refractivity contribution in [2.24, 2.45) is 0 Å². The number of benzene rings is 3. The van der Waals surface area contributed by atoms with E-state index in [1.807, 2.05) is 12.1 Å². The van der Waals surface area contributed by atoms with Gasteiger partial charge in [-0.3, -0.25) is 9.59 Å². The fourth-order valence-corrected chi connectivity index (χ4v) is 5.29. The minimum absolute atomic E-state index is 0.335. The van der Waals surface area contributed by atoms with Gasteiger partial charge in [-0.25, -0.2) is 4.90 Å². The quantitative estimate of drug-likeness (QED) is 0.249. The van der Waals surface area contributed by atoms with Gasteiger partial charge < -0.3 is 19.3 Å². The Morgan fingerprint density at radius 2 is 1.50 bits per heavy atom. The van der Waals surface area contributed by atoms with E-state index < -0.39 is 0 Å². The Bertz CT molecular complexity index is 1410. The fraction of sp³-hybridized carbons (Fsp3) is 0.258. The predicted molar refractivity (Wildman–Crippen MR) is 157 cm³/mol. The van der Waals surface area contributed by atoms with Gasteiger partial charge in [0.25, 0.3) is 11.1 Å². The van der Waals surface area contributed by atoms with Gasteiger partial charge >= 0.3 is 0 Å². The van der Waals surface area contributed by atoms with Gasteiger partial charge in [0.05, 0.1) is 28.8 Å². The van der Waals surface area contributed by atoms with E-state index in [2.05, 4.69) is 22.9 Å². The van der Waals surface area contributed by atoms with Crippen LogP contribution in [0, 0.1) is 11.3 Å². The molecule has 9 heteroatoms. The van der Waals surface area contributed by atoms with Crippen LogP contribution in [0.2, 0.25) is 0 Å². The SMILES string of the molecule is CN1CCN(CCCOc2ccc(N3C(=O)SC(=Cc4ccc(Oc5ccc(C#N)cc5)cc4)C3=O)cc2)CC1. The van der Waals surface area contributed by atoms with E-state index in [4.69, 9.17) is 14.7 Å². The molecule has 0 N–H and O–H groups in total. The average Bonchev–Trinajstić information content (AvgIpc) is 3.26. The number of amides is 2. The number of ether oxygens (including phenoxy) is 2. The number of carbonyl (C=O) groups is 2. The Labute approximate surface area is 238 Å². The second-order valence-electron chi connectivity index (χ2n) is 9.67. The predicted octanol–water partition coefficient (Wildman–Crippen LogP) is 5.61. The summed E-state index contributed by atoms with van der Waals surface area (Å²) in [6.07, 6.45) is 2.65. The third-order valence-electron chi connectivity index (χ3n) is 6.77. The maximum atomic E-state index is 13.1. The Morgan fingerprint density at radius 1 is 0.875 bits per heavy atom. The summed E-state index contributed by atoms with van der Waals surface area (Å²) in [5, 5.41) is 8.58. The van der Waals surface area contributed by atoms with Gasteiger partial charge in [-0.1, -0.05) is 12.1 Å². The minimum Gasteiger partial charge on any atom is -0.494 e. The van der Waals surface area contributed by atoms with Gasteiger partial charge in [0.2, 0.25) is 0 Å². The minimum atomic E-state index is -0.353. The lowest BCUT2D eigenvalue weighted by Gasteiger charge is -2.32. The molecule has 3 aromatic rings. The maximum Gasteiger partial charge on any atom is 0.298 e. The lowest BCUT2D eigenvalue weighted by Crippen LogP contribution is -2.44. The number of hydrogen-bond acceptors (Lipinski definition) is 8. The van der Waals surface area contributed by atoms with Crippen LogP contribution in [0.5, 0.6) is 17.2 Å². The standard InChI is InChI=1S/C31H30N4O4S/c1-33-16-18-34(19-17-33)15-2-20-38-26-13-7-25(8-14-26)35-30(36)29(40-31(35)37)21-23-3-9-27(10-4-23)39-28-11-5-24(22-32)6-12-28/h3-14,21H,2,15-20H2,1H3. The normalized spacial score (nSPS) is 17.3. The number of carbonyl (C=O) groups excluding carboxylic acids is 2. The van der Waals surface area contributed by atoms with E-state index in [1.54, 1.807) is 66.7 Å². The highest BCUT2D eigenvalue weighted by molar-refractivity contribution is 8.19. The summed E-state index contributed by atoms with van der Waals surface area (Å²) < 4.78 is 11.7. The maximum absolute atomic E-state index is 13.1. The second-order valence-corrected chi connectivity index (χ2v) is 10.7. The van der Waals surface area contributed by atoms with Crippen LogP contribution in [0.1, 0.15) is 17.5 Å². The first-order chi connectivity index (χ1) is 19.5. The molecule has 2 aliphatic rings. The molecular formula is C31H30N4O4S. The van der Waals surface area contributed by atoms with Crippen LogP contribution in [0.3, 0.4) is 0 Å². The molecule has 2 saturated heterocycles. The molecule has 0 atom stereocenters. The van der Waals surface area contributed by atoms with Crippen molar-refractivity contribution in [2.75, 3.05) is 51.3 Å². The summed E-state index contributed by atoms with van der Waals surface area (Å²) in [7, 11) is 2.15. The molecule has 2 fully saturated rings. The topological polar surface area (TPSA) is 86.1 Å². The number of likely N-dealkylation sites (N-methyl/N-ethyl adjacent to an activating group) is 1. The molecule has 5 rings (SSSR count). The van der Waals surface area contributed by atoms with Crippen molar-refractivity contribution in [2.45, 2.75) is 6.42 Å². The number of nitrogens with zero attached hydrogens (tertiary/aromatic N) is 4. The van der Waals surface area contributed by atoms with Gasteiger partial charge in [0.1, 0.15) is 17.2 Å². The van der Waals surface area contributed by atoms with Gasteiger partial charge in [-0.15, -0.1) is 0 Å². The number of thioether (sulfide) groups is 1. The number of nitriles is 1. The molecule has 8 nitrogen and oxygen atoms in total. The molecule has 2 amide bonds. The Kier molecular flexibility index (Phi) is 8.81. The first-order valence-electron chi connectivity index (χ1n) is 13.2. The van der Waals surface area contributed by atoms with Crippen molar-refractivity contribution < 1.29 is 19.1 Å². The monoisotopic (exact) mass is 554 g/mol. The van der Waals surface area contributed by atoms with Gasteiger partial charge in [-0.2, -0.15) is 5.26 Å². The Balaban J connectivity index is 1.14. The third kappa shape index (κ3) is 6.90. The molecular weight excluding hydrogens is 524 g/mol. The molecule has 0 radical (unpaired) electrons. The summed E-state index contributed by atoms with van der Waals surface area (Å²) >= 11 is 0.918. The smallest absolute Gasteiger partial charge is 0.298 e. The molecule has 2 aliphatic heterocycles. The van der Waals surface area contributed by atoms with Gasteiger partial charge in [-0.05, 0) is 97.5 Å². The third-order valence-corrected chi connectivity index (χ3v) is 7.64. The zero-order chi connectivity index (χ0) is 27.9. The first-order valence-corrected chi connectivity index (χ1v) is 14.0. The van der Waals surface area contributed by atoms with E-state index in [-0.39, 0.29) is 11.1 Å². The Hall–Kier alpha value is -4.10. The summed E-state index contributed by atoms with van der Waals surface area (Å²) in [4.78, 5) is 32.1. The highest BCUT2D eigenvalue weighted by atomic mass is 32.2. The molecule has 0 bridgehead atoms. The molecule has 40 heavy (non-hydrogen) atoms. The molecule has 0 aliphatic carbocycles. The van der Waals surface area contributed by atoms with E-state index in [0.29, 0.717) is 40.0 Å². The molecule has 3 aromatic carbocycles. The van der Waals surface area contributed by atoms with Crippen LogP contribution in [0.4, 0.5) is 10.5 Å². The van der Waals surface area contributed by atoms with Crippen LogP contribution in [-0.2, 0) is 4.79 Å². The van der Waals surface area contributed by atoms with Crippen LogP contribution in [0.15, 0.2) is 77.7 Å². The summed E-state index contributed by atoms with van der Waals surface area (Å²) in [6.45, 7) is 6.03. The average molecular weight is 555 g/mol. The molecule has 204 valence electrons. The molecule has 0 aromatic heterocycles. The summed E-state index contributed by atoms with van der Waals surface area (Å²) in [5.74, 6) is 1.60. The number of piperazine rings is 1. The fourth-order valence-electron chi connectivity index (χ4n) is 4.45. The lowest BCUT2D eigenvalue weighted by molar-refractivity contribution is -0.113. The highest BCUT2D eigenvalue weighted by Crippen LogP contribution is 2.36. The highest BCUT2D eigenvalue weighted by Gasteiger charge is 2.36. The molecule has 0 spiro atoms. The zero-order valence-electron chi connectivity index (χ0n) is 22.3. The molecule has 0 unspecified atom stereocenters. The second kappa shape index (κ2) is 12.8. The van der Waals surface area contributed by atoms with Crippen molar-refractivity contribution in [3.8, 4) is 23.3 Å². The van der Waals surface area contributed by atoms with E-state index in [9.17, 15) is 9.59 Å². The summed E-state index contributed by atoms with van der Waals surface area (Å²) in [6, 6.07) is 23.2. The largest absolute Gasteiger partial charge is 0.494 e. The van der Waals surface area contributed by atoms with Crippen molar-refractivity contribution in [1.29, 1.82) is 5.26 Å². The number of rotatable bonds is 9. The van der Waals surface area contributed by atoms with Crippen LogP contribution in [-0.4, -0.2) is 67.3 Å². The van der Waals surface area contributed by atoms with Crippen molar-refractivity contribution in [1.82, 2.24) is 9.80 Å². The van der Waals surface area contributed by atoms with Gasteiger partial charge in [0, 0.05) is 32.7 Å². The Morgan fingerprint density at radius 3 is 2.15 bits per heavy atom. The van der Waals surface area contributed by atoms with Gasteiger partial charge in [0.15, 0.2) is 0 Å². The lowest BCUT2D eigenvalue weighted by atomic mass is 10.2. The zero-order valence-corrected chi connectivity index (χ0v) is 23.1. The van der Waals surface area contributed by atoms with Crippen LogP contribution >= 0.6 is 11.8 Å². The van der Waals surface area contributed by atoms with Crippen LogP contribution in [0.25, 0.3) is 6.08 Å². The molecule has 0 saturated carbocycles. The number of imide groups is 1. The van der Waals surface area contributed by atoms with Crippen molar-refractivity contribution >= 4 is 34.7 Å². The number of hydrogen-bond donors (Lipinski definition) is 0. The van der Waals surface area contributed by atoms with Crippen molar-refractivity contribution in [3.05, 3.63) is 88.8 Å². The van der Waals surface area contributed by atoms with E-state index in [0.717, 1.165) is 56.5 Å². The van der Waals surface area contributed by atoms with Crippen LogP contribution < -0.4 is 14.4 Å². The summed E-state index contributed by atoms with van der Waals surface area (Å²) in [5.41, 5.74) is 1.85. The van der Waals surface area contributed by atoms with E-state index >= 15 is 0 Å². The van der Waals surface area contributed by atoms with Crippen molar-refractivity contribution in [3.63, 3.8) is 0 Å². The number of anilines is 1. The van der Waals surface area contributed by atoms with E-state index in [1.165, 1.54) is 4.90 Å². The molecule has 2 heterocycles. The first kappa shape index (κ1) is 27.5.